The van der Waals surface area contributed by atoms with Crippen LogP contribution in [0.25, 0.3) is 0 Å². The molecule has 0 aromatic heterocycles. The minimum Gasteiger partial charge on any atom is -0.340 e. The van der Waals surface area contributed by atoms with Gasteiger partial charge >= 0.3 is 0 Å². The number of amidine groups is 1. The molecule has 0 bridgehead atoms. The van der Waals surface area contributed by atoms with E-state index in [0.29, 0.717) is 16.4 Å². The highest BCUT2D eigenvalue weighted by Crippen LogP contribution is 2.24. The van der Waals surface area contributed by atoms with Gasteiger partial charge in [0.15, 0.2) is 0 Å². The second kappa shape index (κ2) is 4.87. The highest BCUT2D eigenvalue weighted by atomic mass is 32.1. The van der Waals surface area contributed by atoms with E-state index in [4.69, 9.17) is 17.5 Å². The van der Waals surface area contributed by atoms with Crippen molar-refractivity contribution in [2.45, 2.75) is 6.92 Å². The molecule has 20 heavy (non-hydrogen) atoms. The molecule has 0 unspecified atom stereocenters. The molecule has 2 aromatic rings. The van der Waals surface area contributed by atoms with Gasteiger partial charge in [-0.2, -0.15) is 5.26 Å². The first-order valence-corrected chi connectivity index (χ1v) is 6.60. The Bertz CT molecular complexity index is 767. The van der Waals surface area contributed by atoms with Gasteiger partial charge in [-0.1, -0.05) is 42.0 Å². The molecule has 0 atom stereocenters. The predicted molar refractivity (Wildman–Crippen MR) is 84.2 cm³/mol. The highest BCUT2D eigenvalue weighted by Gasteiger charge is 2.23. The molecule has 1 N–H and O–H groups in total. The first-order chi connectivity index (χ1) is 9.69. The van der Waals surface area contributed by atoms with E-state index in [0.717, 1.165) is 16.8 Å². The zero-order valence-corrected chi connectivity index (χ0v) is 11.7. The third-order valence-electron chi connectivity index (χ3n) is 3.18. The van der Waals surface area contributed by atoms with Crippen LogP contribution in [0.1, 0.15) is 22.3 Å². The zero-order chi connectivity index (χ0) is 14.1. The van der Waals surface area contributed by atoms with E-state index in [2.05, 4.69) is 16.4 Å². The fraction of sp³-hybridized carbons (Fsp3) is 0.0625. The maximum Gasteiger partial charge on any atom is 0.140 e. The second-order valence-corrected chi connectivity index (χ2v) is 4.98. The number of nitrogens with zero attached hydrogens (tertiary/aromatic N) is 2. The van der Waals surface area contributed by atoms with Crippen LogP contribution in [0.15, 0.2) is 47.5 Å². The Hall–Kier alpha value is -2.51. The maximum absolute atomic E-state index is 9.15. The van der Waals surface area contributed by atoms with E-state index in [-0.39, 0.29) is 0 Å². The number of thiocarbonyl (C=S) groups is 1. The number of aryl methyl sites for hydroxylation is 1. The fourth-order valence-electron chi connectivity index (χ4n) is 2.16. The summed E-state index contributed by atoms with van der Waals surface area (Å²) in [6.07, 6.45) is 0. The summed E-state index contributed by atoms with van der Waals surface area (Å²) in [6, 6.07) is 15.7. The third kappa shape index (κ3) is 2.09. The van der Waals surface area contributed by atoms with E-state index in [1.165, 1.54) is 5.56 Å². The molecule has 96 valence electrons. The van der Waals surface area contributed by atoms with Gasteiger partial charge in [-0.25, -0.2) is 4.99 Å². The number of nitrogens with one attached hydrogen (secondary N) is 1. The van der Waals surface area contributed by atoms with Crippen LogP contribution >= 0.6 is 12.2 Å². The molecule has 4 heteroatoms. The summed E-state index contributed by atoms with van der Waals surface area (Å²) < 4.78 is 0. The standard InChI is InChI=1S/C16H11N3S/c1-10-5-7-12(8-6-10)18-15-13-4-2-3-11(9-17)14(13)16(20)19-15/h2-8H,1H3,(H,18,19,20). The predicted octanol–water partition coefficient (Wildman–Crippen LogP) is 3.41. The quantitative estimate of drug-likeness (QED) is 0.813. The molecular weight excluding hydrogens is 266 g/mol. The average Bonchev–Trinajstić information content (AvgIpc) is 2.78. The molecule has 3 nitrogen and oxygen atoms in total. The molecule has 1 heterocycles. The van der Waals surface area contributed by atoms with Crippen molar-refractivity contribution in [2.24, 2.45) is 4.99 Å². The second-order valence-electron chi connectivity index (χ2n) is 4.60. The number of benzene rings is 2. The van der Waals surface area contributed by atoms with Gasteiger partial charge in [0.05, 0.1) is 11.6 Å². The van der Waals surface area contributed by atoms with Crippen LogP contribution in [-0.4, -0.2) is 10.8 Å². The van der Waals surface area contributed by atoms with Gasteiger partial charge in [0.2, 0.25) is 0 Å². The van der Waals surface area contributed by atoms with Crippen molar-refractivity contribution >= 4 is 28.7 Å². The number of anilines is 1. The highest BCUT2D eigenvalue weighted by molar-refractivity contribution is 7.80. The van der Waals surface area contributed by atoms with Crippen molar-refractivity contribution < 1.29 is 0 Å². The van der Waals surface area contributed by atoms with E-state index in [9.17, 15) is 0 Å². The Kier molecular flexibility index (Phi) is 3.05. The summed E-state index contributed by atoms with van der Waals surface area (Å²) >= 11 is 5.26. The lowest BCUT2D eigenvalue weighted by Crippen LogP contribution is -2.11. The van der Waals surface area contributed by atoms with Crippen molar-refractivity contribution in [3.05, 3.63) is 64.7 Å². The molecule has 0 saturated carbocycles. The Morgan fingerprint density at radius 3 is 2.60 bits per heavy atom. The van der Waals surface area contributed by atoms with Crippen molar-refractivity contribution in [3.8, 4) is 6.07 Å². The molecule has 0 saturated heterocycles. The van der Waals surface area contributed by atoms with Crippen LogP contribution in [-0.2, 0) is 0 Å². The minimum atomic E-state index is 0.465. The Labute approximate surface area is 122 Å². The van der Waals surface area contributed by atoms with Gasteiger partial charge in [0.25, 0.3) is 0 Å². The summed E-state index contributed by atoms with van der Waals surface area (Å²) in [6.45, 7) is 2.04. The lowest BCUT2D eigenvalue weighted by molar-refractivity contribution is 1.46. The van der Waals surface area contributed by atoms with E-state index in [1.54, 1.807) is 6.07 Å². The number of aliphatic imine (C=N–C) groups is 1. The molecule has 3 rings (SSSR count). The number of hydrogen-bond acceptors (Lipinski definition) is 3. The van der Waals surface area contributed by atoms with Crippen LogP contribution in [0.4, 0.5) is 5.69 Å². The van der Waals surface area contributed by atoms with Crippen LogP contribution in [0, 0.1) is 18.3 Å². The smallest absolute Gasteiger partial charge is 0.140 e. The topological polar surface area (TPSA) is 48.2 Å². The summed E-state index contributed by atoms with van der Waals surface area (Å²) in [5.74, 6) is 0.700. The Morgan fingerprint density at radius 1 is 1.15 bits per heavy atom. The van der Waals surface area contributed by atoms with E-state index in [1.807, 2.05) is 43.3 Å². The molecule has 2 aromatic carbocycles. The lowest BCUT2D eigenvalue weighted by atomic mass is 10.0. The molecule has 0 radical (unpaired) electrons. The number of nitriles is 1. The molecule has 0 amide bonds. The lowest BCUT2D eigenvalue weighted by Gasteiger charge is -2.07. The van der Waals surface area contributed by atoms with Gasteiger partial charge in [0.1, 0.15) is 10.8 Å². The van der Waals surface area contributed by atoms with Crippen molar-refractivity contribution in [2.75, 3.05) is 5.32 Å². The summed E-state index contributed by atoms with van der Waals surface area (Å²) in [5, 5.41) is 12.4. The molecule has 0 spiro atoms. The normalized spacial score (nSPS) is 12.6. The number of hydrogen-bond donors (Lipinski definition) is 1. The monoisotopic (exact) mass is 277 g/mol. The first kappa shape index (κ1) is 12.5. The van der Waals surface area contributed by atoms with E-state index < -0.39 is 0 Å². The zero-order valence-electron chi connectivity index (χ0n) is 10.8. The first-order valence-electron chi connectivity index (χ1n) is 6.19. The average molecular weight is 277 g/mol. The number of rotatable bonds is 1. The summed E-state index contributed by atoms with van der Waals surface area (Å²) in [5.41, 5.74) is 4.35. The van der Waals surface area contributed by atoms with Crippen molar-refractivity contribution in [1.82, 2.24) is 0 Å². The van der Waals surface area contributed by atoms with E-state index >= 15 is 0 Å². The van der Waals surface area contributed by atoms with Gasteiger partial charge in [-0.05, 0) is 25.1 Å². The molecule has 1 aliphatic heterocycles. The van der Waals surface area contributed by atoms with Crippen LogP contribution < -0.4 is 5.32 Å². The summed E-state index contributed by atoms with van der Waals surface area (Å²) in [7, 11) is 0. The molecule has 0 aliphatic carbocycles. The van der Waals surface area contributed by atoms with Gasteiger partial charge in [0, 0.05) is 16.8 Å². The van der Waals surface area contributed by atoms with Crippen LogP contribution in [0.5, 0.6) is 0 Å². The van der Waals surface area contributed by atoms with Crippen LogP contribution in [0.2, 0.25) is 0 Å². The minimum absolute atomic E-state index is 0.465. The SMILES string of the molecule is Cc1ccc(NC2=NC(=S)c3c(C#N)cccc32)cc1. The van der Waals surface area contributed by atoms with Crippen molar-refractivity contribution in [3.63, 3.8) is 0 Å². The van der Waals surface area contributed by atoms with Gasteiger partial charge in [-0.15, -0.1) is 0 Å². The fourth-order valence-corrected chi connectivity index (χ4v) is 2.47. The van der Waals surface area contributed by atoms with Gasteiger partial charge in [-0.3, -0.25) is 0 Å². The summed E-state index contributed by atoms with van der Waals surface area (Å²) in [4.78, 5) is 4.83. The largest absolute Gasteiger partial charge is 0.340 e. The molecule has 0 fully saturated rings. The third-order valence-corrected chi connectivity index (χ3v) is 3.48. The van der Waals surface area contributed by atoms with Crippen molar-refractivity contribution in [1.29, 1.82) is 5.26 Å². The molecular formula is C16H11N3S. The van der Waals surface area contributed by atoms with Gasteiger partial charge < -0.3 is 5.32 Å². The van der Waals surface area contributed by atoms with Crippen LogP contribution in [0.3, 0.4) is 0 Å². The maximum atomic E-state index is 9.15. The number of fused-ring (bicyclic) bond motifs is 1. The Morgan fingerprint density at radius 2 is 1.90 bits per heavy atom. The molecule has 1 aliphatic rings. The Balaban J connectivity index is 1.99.